The van der Waals surface area contributed by atoms with Crippen LogP contribution in [0.1, 0.15) is 27.2 Å². The fourth-order valence-electron chi connectivity index (χ4n) is 1.07. The number of hydrogen-bond acceptors (Lipinski definition) is 3. The lowest BCUT2D eigenvalue weighted by atomic mass is 10.2. The Morgan fingerprint density at radius 1 is 1.67 bits per heavy atom. The van der Waals surface area contributed by atoms with Crippen LogP contribution in [0.3, 0.4) is 0 Å². The average molecular weight is 169 g/mol. The number of carbonyl (C=O) groups excluding carboxylic acids is 1. The van der Waals surface area contributed by atoms with Gasteiger partial charge in [-0.25, -0.2) is 4.99 Å². The summed E-state index contributed by atoms with van der Waals surface area (Å²) in [7, 11) is 0. The Hall–Kier alpha value is -1.06. The second kappa shape index (κ2) is 3.56. The topological polar surface area (TPSA) is 53.5 Å². The van der Waals surface area contributed by atoms with E-state index in [2.05, 4.69) is 15.6 Å². The minimum absolute atomic E-state index is 0.000602. The number of hydrogen-bond donors (Lipinski definition) is 2. The third-order valence-electron chi connectivity index (χ3n) is 1.64. The third-order valence-corrected chi connectivity index (χ3v) is 1.64. The van der Waals surface area contributed by atoms with E-state index in [0.29, 0.717) is 12.0 Å². The van der Waals surface area contributed by atoms with Crippen LogP contribution in [0, 0.1) is 0 Å². The quantitative estimate of drug-likeness (QED) is 0.622. The maximum absolute atomic E-state index is 11.1. The van der Waals surface area contributed by atoms with Crippen molar-refractivity contribution in [2.75, 3.05) is 0 Å². The van der Waals surface area contributed by atoms with Gasteiger partial charge >= 0.3 is 0 Å². The van der Waals surface area contributed by atoms with Gasteiger partial charge in [0.1, 0.15) is 6.04 Å². The summed E-state index contributed by atoms with van der Waals surface area (Å²) < 4.78 is 0. The van der Waals surface area contributed by atoms with E-state index in [-0.39, 0.29) is 11.9 Å². The molecular weight excluding hydrogens is 154 g/mol. The molecule has 0 aromatic carbocycles. The van der Waals surface area contributed by atoms with E-state index >= 15 is 0 Å². The van der Waals surface area contributed by atoms with Gasteiger partial charge in [-0.15, -0.1) is 0 Å². The fourth-order valence-corrected chi connectivity index (χ4v) is 1.07. The van der Waals surface area contributed by atoms with Gasteiger partial charge < -0.3 is 5.32 Å². The normalized spacial score (nSPS) is 22.5. The van der Waals surface area contributed by atoms with Crippen molar-refractivity contribution in [3.05, 3.63) is 0 Å². The van der Waals surface area contributed by atoms with Gasteiger partial charge in [-0.05, 0) is 20.3 Å². The number of nitrogens with zero attached hydrogens (tertiary/aromatic N) is 1. The lowest BCUT2D eigenvalue weighted by Gasteiger charge is -2.07. The van der Waals surface area contributed by atoms with Gasteiger partial charge in [-0.2, -0.15) is 0 Å². The summed E-state index contributed by atoms with van der Waals surface area (Å²) in [6.07, 6.45) is 0.759. The van der Waals surface area contributed by atoms with Gasteiger partial charge in [0, 0.05) is 6.04 Å². The van der Waals surface area contributed by atoms with Crippen molar-refractivity contribution in [1.29, 1.82) is 0 Å². The minimum atomic E-state index is -0.189. The maximum Gasteiger partial charge on any atom is 0.251 e. The second-order valence-electron chi connectivity index (χ2n) is 3.19. The molecule has 1 amide bonds. The molecular formula is C8H15N3O. The first-order chi connectivity index (χ1) is 5.63. The largest absolute Gasteiger partial charge is 0.354 e. The van der Waals surface area contributed by atoms with E-state index in [9.17, 15) is 4.79 Å². The summed E-state index contributed by atoms with van der Waals surface area (Å²) >= 11 is 0. The summed E-state index contributed by atoms with van der Waals surface area (Å²) in [6.45, 7) is 5.97. The molecule has 1 atom stereocenters. The number of aliphatic imine (C=N–C) groups is 1. The molecule has 0 fully saturated rings. The average Bonchev–Trinajstić information content (AvgIpc) is 2.29. The Balaban J connectivity index is 2.53. The maximum atomic E-state index is 11.1. The van der Waals surface area contributed by atoms with Crippen LogP contribution in [-0.2, 0) is 4.79 Å². The lowest BCUT2D eigenvalue weighted by Crippen LogP contribution is -2.40. The van der Waals surface area contributed by atoms with Crippen molar-refractivity contribution in [2.24, 2.45) is 4.99 Å². The smallest absolute Gasteiger partial charge is 0.251 e. The molecule has 1 aliphatic heterocycles. The Morgan fingerprint density at radius 2 is 2.33 bits per heavy atom. The van der Waals surface area contributed by atoms with E-state index < -0.39 is 0 Å². The highest BCUT2D eigenvalue weighted by molar-refractivity contribution is 6.04. The first kappa shape index (κ1) is 9.03. The van der Waals surface area contributed by atoms with E-state index in [1.165, 1.54) is 0 Å². The Kier molecular flexibility index (Phi) is 2.68. The molecule has 1 aliphatic rings. The summed E-state index contributed by atoms with van der Waals surface area (Å²) in [5.74, 6) is 0.613. The zero-order chi connectivity index (χ0) is 9.14. The molecule has 1 unspecified atom stereocenters. The predicted octanol–water partition coefficient (Wildman–Crippen LogP) is 0.249. The number of guanidine groups is 1. The molecule has 0 bridgehead atoms. The lowest BCUT2D eigenvalue weighted by molar-refractivity contribution is -0.120. The van der Waals surface area contributed by atoms with Gasteiger partial charge in [0.05, 0.1) is 0 Å². The van der Waals surface area contributed by atoms with Gasteiger partial charge in [-0.3, -0.25) is 10.1 Å². The molecule has 4 nitrogen and oxygen atoms in total. The van der Waals surface area contributed by atoms with E-state index in [1.54, 1.807) is 0 Å². The molecule has 0 saturated heterocycles. The molecule has 0 aromatic heterocycles. The standard InChI is InChI=1S/C8H15N3O/c1-4-6-7(12)11-8(10-6)9-5(2)3/h5-6H,4H2,1-3H3,(H2,9,10,11,12). The van der Waals surface area contributed by atoms with E-state index in [1.807, 2.05) is 20.8 Å². The number of carbonyl (C=O) groups is 1. The fraction of sp³-hybridized carbons (Fsp3) is 0.750. The molecule has 68 valence electrons. The summed E-state index contributed by atoms with van der Waals surface area (Å²) in [4.78, 5) is 15.3. The number of rotatable bonds is 2. The van der Waals surface area contributed by atoms with Crippen molar-refractivity contribution in [1.82, 2.24) is 10.6 Å². The molecule has 0 radical (unpaired) electrons. The van der Waals surface area contributed by atoms with Crippen LogP contribution in [-0.4, -0.2) is 24.0 Å². The highest BCUT2D eigenvalue weighted by atomic mass is 16.2. The van der Waals surface area contributed by atoms with Gasteiger partial charge in [0.25, 0.3) is 5.91 Å². The van der Waals surface area contributed by atoms with Gasteiger partial charge in [0.15, 0.2) is 5.96 Å². The second-order valence-corrected chi connectivity index (χ2v) is 3.19. The first-order valence-corrected chi connectivity index (χ1v) is 4.28. The molecule has 12 heavy (non-hydrogen) atoms. The Morgan fingerprint density at radius 3 is 2.75 bits per heavy atom. The molecule has 1 rings (SSSR count). The molecule has 0 aromatic rings. The molecule has 0 saturated carbocycles. The van der Waals surface area contributed by atoms with Crippen molar-refractivity contribution >= 4 is 11.9 Å². The summed E-state index contributed by atoms with van der Waals surface area (Å²) in [6, 6.07) is 0.117. The highest BCUT2D eigenvalue weighted by Crippen LogP contribution is 2.03. The minimum Gasteiger partial charge on any atom is -0.354 e. The Bertz CT molecular complexity index is 210. The van der Waals surface area contributed by atoms with Crippen molar-refractivity contribution < 1.29 is 4.79 Å². The van der Waals surface area contributed by atoms with Crippen LogP contribution >= 0.6 is 0 Å². The van der Waals surface area contributed by atoms with Crippen molar-refractivity contribution in [2.45, 2.75) is 39.3 Å². The summed E-state index contributed by atoms with van der Waals surface area (Å²) in [5.41, 5.74) is 0. The first-order valence-electron chi connectivity index (χ1n) is 4.28. The van der Waals surface area contributed by atoms with Crippen LogP contribution in [0.5, 0.6) is 0 Å². The zero-order valence-corrected chi connectivity index (χ0v) is 7.72. The van der Waals surface area contributed by atoms with Crippen LogP contribution in [0.2, 0.25) is 0 Å². The van der Waals surface area contributed by atoms with Crippen LogP contribution in [0.15, 0.2) is 4.99 Å². The number of nitrogens with one attached hydrogen (secondary N) is 2. The molecule has 2 N–H and O–H groups in total. The summed E-state index contributed by atoms with van der Waals surface area (Å²) in [5, 5.41) is 5.74. The third kappa shape index (κ3) is 1.96. The van der Waals surface area contributed by atoms with E-state index in [4.69, 9.17) is 0 Å². The highest BCUT2D eigenvalue weighted by Gasteiger charge is 2.24. The molecule has 1 heterocycles. The molecule has 0 aliphatic carbocycles. The zero-order valence-electron chi connectivity index (χ0n) is 7.72. The van der Waals surface area contributed by atoms with Gasteiger partial charge in [0.2, 0.25) is 0 Å². The van der Waals surface area contributed by atoms with Crippen molar-refractivity contribution in [3.8, 4) is 0 Å². The van der Waals surface area contributed by atoms with Gasteiger partial charge in [-0.1, -0.05) is 6.92 Å². The van der Waals surface area contributed by atoms with Crippen LogP contribution < -0.4 is 10.6 Å². The van der Waals surface area contributed by atoms with Crippen molar-refractivity contribution in [3.63, 3.8) is 0 Å². The predicted molar refractivity (Wildman–Crippen MR) is 47.9 cm³/mol. The Labute approximate surface area is 72.4 Å². The van der Waals surface area contributed by atoms with Crippen LogP contribution in [0.25, 0.3) is 0 Å². The molecule has 0 spiro atoms. The molecule has 4 heteroatoms. The number of amides is 1. The SMILES string of the molecule is CCC1N=C(NC(C)C)NC1=O. The van der Waals surface area contributed by atoms with Crippen LogP contribution in [0.4, 0.5) is 0 Å². The monoisotopic (exact) mass is 169 g/mol. The van der Waals surface area contributed by atoms with E-state index in [0.717, 1.165) is 6.42 Å².